The highest BCUT2D eigenvalue weighted by molar-refractivity contribution is 5.54. The van der Waals surface area contributed by atoms with Gasteiger partial charge in [0.1, 0.15) is 6.34 Å². The summed E-state index contributed by atoms with van der Waals surface area (Å²) in [5.74, 6) is 5.23. The summed E-state index contributed by atoms with van der Waals surface area (Å²) in [4.78, 5) is 3.88. The number of hydrogen-bond acceptors (Lipinski definition) is 2. The van der Waals surface area contributed by atoms with Crippen LogP contribution in [0.4, 0.5) is 0 Å². The molecule has 0 aliphatic carbocycles. The van der Waals surface area contributed by atoms with Gasteiger partial charge in [0.05, 0.1) is 0 Å². The van der Waals surface area contributed by atoms with Gasteiger partial charge in [-0.25, -0.2) is 10.8 Å². The molecule has 0 saturated heterocycles. The smallest absolute Gasteiger partial charge is 0.104 e. The van der Waals surface area contributed by atoms with Crippen molar-refractivity contribution in [1.29, 1.82) is 0 Å². The van der Waals surface area contributed by atoms with Crippen molar-refractivity contribution in [2.75, 3.05) is 7.05 Å². The van der Waals surface area contributed by atoms with Gasteiger partial charge in [0.2, 0.25) is 0 Å². The van der Waals surface area contributed by atoms with Crippen LogP contribution in [0, 0.1) is 0 Å². The Kier molecular flexibility index (Phi) is 3.71. The molecule has 0 fully saturated rings. The van der Waals surface area contributed by atoms with Crippen LogP contribution >= 0.6 is 0 Å². The van der Waals surface area contributed by atoms with Gasteiger partial charge in [-0.2, -0.15) is 0 Å². The van der Waals surface area contributed by atoms with Crippen molar-refractivity contribution in [1.82, 2.24) is 5.01 Å². The van der Waals surface area contributed by atoms with E-state index in [1.165, 1.54) is 5.01 Å². The minimum absolute atomic E-state index is 1.16. The van der Waals surface area contributed by atoms with Crippen molar-refractivity contribution >= 4 is 6.34 Å². The fourth-order valence-corrected chi connectivity index (χ4v) is 0.288. The molecule has 3 nitrogen and oxygen atoms in total. The standard InChI is InChI=1S/C6H13N3/c1-6(2)4-8-5-9(3)7/h4-5H,7H2,1-3H3. The van der Waals surface area contributed by atoms with Crippen molar-refractivity contribution in [3.63, 3.8) is 0 Å². The molecular weight excluding hydrogens is 114 g/mol. The van der Waals surface area contributed by atoms with Crippen molar-refractivity contribution < 1.29 is 0 Å². The normalized spacial score (nSPS) is 9.78. The fraction of sp³-hybridized carbons (Fsp3) is 0.500. The zero-order chi connectivity index (χ0) is 7.28. The van der Waals surface area contributed by atoms with Gasteiger partial charge in [-0.15, -0.1) is 0 Å². The second-order valence-electron chi connectivity index (χ2n) is 2.14. The van der Waals surface area contributed by atoms with E-state index in [-0.39, 0.29) is 0 Å². The Morgan fingerprint density at radius 3 is 2.44 bits per heavy atom. The molecule has 0 bridgehead atoms. The van der Waals surface area contributed by atoms with Gasteiger partial charge < -0.3 is 5.01 Å². The predicted molar refractivity (Wildman–Crippen MR) is 39.9 cm³/mol. The molecule has 0 aliphatic heterocycles. The molecule has 0 amide bonds. The molecule has 0 unspecified atom stereocenters. The molecule has 0 aromatic carbocycles. The monoisotopic (exact) mass is 127 g/mol. The summed E-state index contributed by atoms with van der Waals surface area (Å²) in [6, 6.07) is 0. The average molecular weight is 127 g/mol. The van der Waals surface area contributed by atoms with Gasteiger partial charge >= 0.3 is 0 Å². The topological polar surface area (TPSA) is 41.6 Å². The van der Waals surface area contributed by atoms with Crippen molar-refractivity contribution in [2.45, 2.75) is 13.8 Å². The molecule has 52 valence electrons. The zero-order valence-corrected chi connectivity index (χ0v) is 6.13. The maximum Gasteiger partial charge on any atom is 0.104 e. The fourth-order valence-electron chi connectivity index (χ4n) is 0.288. The zero-order valence-electron chi connectivity index (χ0n) is 6.13. The SMILES string of the molecule is CC(C)=CN=CN(C)N. The molecule has 9 heavy (non-hydrogen) atoms. The summed E-state index contributed by atoms with van der Waals surface area (Å²) < 4.78 is 0. The van der Waals surface area contributed by atoms with E-state index in [1.54, 1.807) is 19.6 Å². The molecule has 0 radical (unpaired) electrons. The Morgan fingerprint density at radius 2 is 2.11 bits per heavy atom. The van der Waals surface area contributed by atoms with Gasteiger partial charge in [0, 0.05) is 13.2 Å². The number of nitrogens with two attached hydrogens (primary N) is 1. The summed E-state index contributed by atoms with van der Waals surface area (Å²) in [6.45, 7) is 3.96. The maximum absolute atomic E-state index is 5.23. The van der Waals surface area contributed by atoms with Gasteiger partial charge in [-0.3, -0.25) is 0 Å². The molecule has 0 saturated carbocycles. The van der Waals surface area contributed by atoms with E-state index < -0.39 is 0 Å². The number of rotatable bonds is 2. The predicted octanol–water partition coefficient (Wildman–Crippen LogP) is 0.744. The lowest BCUT2D eigenvalue weighted by Gasteiger charge is -1.99. The van der Waals surface area contributed by atoms with Crippen LogP contribution in [-0.2, 0) is 0 Å². The third-order valence-corrected chi connectivity index (χ3v) is 0.582. The van der Waals surface area contributed by atoms with E-state index in [9.17, 15) is 0 Å². The van der Waals surface area contributed by atoms with Crippen LogP contribution < -0.4 is 5.84 Å². The number of allylic oxidation sites excluding steroid dienone is 1. The molecule has 0 aromatic heterocycles. The molecule has 2 N–H and O–H groups in total. The van der Waals surface area contributed by atoms with Crippen LogP contribution in [0.1, 0.15) is 13.8 Å². The van der Waals surface area contributed by atoms with E-state index >= 15 is 0 Å². The van der Waals surface area contributed by atoms with E-state index in [2.05, 4.69) is 4.99 Å². The highest BCUT2D eigenvalue weighted by atomic mass is 15.4. The third kappa shape index (κ3) is 7.17. The lowest BCUT2D eigenvalue weighted by Crippen LogP contribution is -2.23. The van der Waals surface area contributed by atoms with Gasteiger partial charge in [-0.05, 0) is 13.8 Å². The van der Waals surface area contributed by atoms with E-state index in [4.69, 9.17) is 5.84 Å². The molecular formula is C6H13N3. The highest BCUT2D eigenvalue weighted by Crippen LogP contribution is 1.86. The van der Waals surface area contributed by atoms with E-state index in [0.29, 0.717) is 0 Å². The quantitative estimate of drug-likeness (QED) is 0.257. The molecule has 0 spiro atoms. The third-order valence-electron chi connectivity index (χ3n) is 0.582. The molecule has 0 heterocycles. The summed E-state index contributed by atoms with van der Waals surface area (Å²) in [5, 5.41) is 1.40. The Morgan fingerprint density at radius 1 is 1.56 bits per heavy atom. The summed E-state index contributed by atoms with van der Waals surface area (Å²) in [7, 11) is 1.72. The second-order valence-corrected chi connectivity index (χ2v) is 2.14. The minimum Gasteiger partial charge on any atom is -0.304 e. The largest absolute Gasteiger partial charge is 0.304 e. The maximum atomic E-state index is 5.23. The molecule has 0 aromatic rings. The van der Waals surface area contributed by atoms with Crippen LogP contribution in [0.2, 0.25) is 0 Å². The van der Waals surface area contributed by atoms with Crippen LogP contribution in [-0.4, -0.2) is 18.4 Å². The first-order chi connectivity index (χ1) is 4.13. The van der Waals surface area contributed by atoms with Crippen LogP contribution in [0.3, 0.4) is 0 Å². The molecule has 0 aliphatic rings. The lowest BCUT2D eigenvalue weighted by molar-refractivity contribution is 0.556. The molecule has 0 rings (SSSR count). The molecule has 0 atom stereocenters. The first-order valence-corrected chi connectivity index (χ1v) is 2.77. The highest BCUT2D eigenvalue weighted by Gasteiger charge is 1.73. The van der Waals surface area contributed by atoms with Crippen molar-refractivity contribution in [3.8, 4) is 0 Å². The Labute approximate surface area is 55.8 Å². The van der Waals surface area contributed by atoms with Crippen molar-refractivity contribution in [3.05, 3.63) is 11.8 Å². The van der Waals surface area contributed by atoms with Crippen molar-refractivity contribution in [2.24, 2.45) is 10.8 Å². The Bertz CT molecular complexity index is 120. The van der Waals surface area contributed by atoms with E-state index in [0.717, 1.165) is 5.57 Å². The number of hydrogen-bond donors (Lipinski definition) is 1. The first-order valence-electron chi connectivity index (χ1n) is 2.77. The lowest BCUT2D eigenvalue weighted by atomic mass is 10.4. The van der Waals surface area contributed by atoms with Gasteiger partial charge in [-0.1, -0.05) is 5.57 Å². The summed E-state index contributed by atoms with van der Waals surface area (Å²) in [6.07, 6.45) is 3.30. The summed E-state index contributed by atoms with van der Waals surface area (Å²) in [5.41, 5.74) is 1.16. The average Bonchev–Trinajstić information content (AvgIpc) is 1.63. The number of hydrazine groups is 1. The Balaban J connectivity index is 3.60. The molecule has 3 heteroatoms. The number of aliphatic imine (C=N–C) groups is 1. The van der Waals surface area contributed by atoms with Gasteiger partial charge in [0.25, 0.3) is 0 Å². The van der Waals surface area contributed by atoms with Crippen LogP contribution in [0.25, 0.3) is 0 Å². The van der Waals surface area contributed by atoms with Crippen LogP contribution in [0.15, 0.2) is 16.8 Å². The second kappa shape index (κ2) is 4.09. The summed E-state index contributed by atoms with van der Waals surface area (Å²) >= 11 is 0. The van der Waals surface area contributed by atoms with E-state index in [1.807, 2.05) is 13.8 Å². The minimum atomic E-state index is 1.16. The van der Waals surface area contributed by atoms with Gasteiger partial charge in [0.15, 0.2) is 0 Å². The first kappa shape index (κ1) is 8.17. The van der Waals surface area contributed by atoms with Crippen LogP contribution in [0.5, 0.6) is 0 Å². The Hall–Kier alpha value is -0.830. The number of nitrogens with zero attached hydrogens (tertiary/aromatic N) is 2.